The minimum Gasteiger partial charge on any atom is -0.423 e. The Hall–Kier alpha value is -2.02. The minimum atomic E-state index is -4.75. The van der Waals surface area contributed by atoms with E-state index in [9.17, 15) is 18.0 Å². The van der Waals surface area contributed by atoms with Crippen molar-refractivity contribution in [2.24, 2.45) is 0 Å². The molecule has 7 heteroatoms. The average Bonchev–Trinajstić information content (AvgIpc) is 2.40. The molecule has 0 aliphatic carbocycles. The quantitative estimate of drug-likeness (QED) is 0.594. The molecule has 21 heavy (non-hydrogen) atoms. The van der Waals surface area contributed by atoms with Crippen LogP contribution >= 0.6 is 15.9 Å². The highest BCUT2D eigenvalue weighted by atomic mass is 79.9. The lowest BCUT2D eigenvalue weighted by Crippen LogP contribution is -2.17. The van der Waals surface area contributed by atoms with Gasteiger partial charge in [0.1, 0.15) is 11.5 Å². The second-order valence-electron chi connectivity index (χ2n) is 3.92. The number of halogens is 4. The highest BCUT2D eigenvalue weighted by Crippen LogP contribution is 2.25. The summed E-state index contributed by atoms with van der Waals surface area (Å²) in [6.07, 6.45) is -4.75. The molecule has 2 rings (SSSR count). The van der Waals surface area contributed by atoms with Crippen LogP contribution in [0.5, 0.6) is 11.5 Å². The van der Waals surface area contributed by atoms with Crippen molar-refractivity contribution in [2.75, 3.05) is 0 Å². The van der Waals surface area contributed by atoms with Gasteiger partial charge >= 0.3 is 12.3 Å². The van der Waals surface area contributed by atoms with E-state index in [4.69, 9.17) is 4.74 Å². The minimum absolute atomic E-state index is 0.123. The molecule has 0 aliphatic rings. The van der Waals surface area contributed by atoms with E-state index in [1.807, 2.05) is 0 Å². The van der Waals surface area contributed by atoms with Crippen LogP contribution < -0.4 is 9.47 Å². The van der Waals surface area contributed by atoms with Gasteiger partial charge in [-0.05, 0) is 48.5 Å². The Bertz CT molecular complexity index is 621. The number of rotatable bonds is 3. The highest BCUT2D eigenvalue weighted by molar-refractivity contribution is 9.10. The molecule has 0 aliphatic heterocycles. The summed E-state index contributed by atoms with van der Waals surface area (Å²) in [6.45, 7) is 0. The molecule has 0 saturated heterocycles. The number of esters is 1. The lowest BCUT2D eigenvalue weighted by atomic mass is 10.2. The van der Waals surface area contributed by atoms with Crippen molar-refractivity contribution in [2.45, 2.75) is 6.36 Å². The molecule has 0 fully saturated rings. The Morgan fingerprint density at radius 1 is 0.905 bits per heavy atom. The topological polar surface area (TPSA) is 35.5 Å². The van der Waals surface area contributed by atoms with Gasteiger partial charge in [0.2, 0.25) is 0 Å². The molecule has 110 valence electrons. The largest absolute Gasteiger partial charge is 0.573 e. The average molecular weight is 361 g/mol. The SMILES string of the molecule is O=C(Oc1ccc(OC(F)(F)F)cc1)c1ccc(Br)cc1. The highest BCUT2D eigenvalue weighted by Gasteiger charge is 2.31. The van der Waals surface area contributed by atoms with Crippen LogP contribution in [0.4, 0.5) is 13.2 Å². The van der Waals surface area contributed by atoms with E-state index in [-0.39, 0.29) is 11.5 Å². The summed E-state index contributed by atoms with van der Waals surface area (Å²) in [7, 11) is 0. The molecule has 0 atom stereocenters. The van der Waals surface area contributed by atoms with Gasteiger partial charge in [0.05, 0.1) is 5.56 Å². The summed E-state index contributed by atoms with van der Waals surface area (Å²) in [5.74, 6) is -0.865. The maximum atomic E-state index is 12.0. The van der Waals surface area contributed by atoms with Crippen LogP contribution in [0.2, 0.25) is 0 Å². The number of carbonyl (C=O) groups excluding carboxylic acids is 1. The Balaban J connectivity index is 2.03. The van der Waals surface area contributed by atoms with Crippen molar-refractivity contribution in [3.05, 3.63) is 58.6 Å². The first kappa shape index (κ1) is 15.4. The number of benzene rings is 2. The van der Waals surface area contributed by atoms with Gasteiger partial charge in [-0.3, -0.25) is 0 Å². The zero-order valence-electron chi connectivity index (χ0n) is 10.4. The molecule has 0 spiro atoms. The fourth-order valence-corrected chi connectivity index (χ4v) is 1.73. The second kappa shape index (κ2) is 6.17. The summed E-state index contributed by atoms with van der Waals surface area (Å²) in [5, 5.41) is 0. The molecule has 0 heterocycles. The van der Waals surface area contributed by atoms with E-state index >= 15 is 0 Å². The number of hydrogen-bond acceptors (Lipinski definition) is 3. The van der Waals surface area contributed by atoms with Gasteiger partial charge in [-0.1, -0.05) is 15.9 Å². The van der Waals surface area contributed by atoms with Gasteiger partial charge < -0.3 is 9.47 Å². The van der Waals surface area contributed by atoms with Crippen molar-refractivity contribution in [1.29, 1.82) is 0 Å². The Morgan fingerprint density at radius 2 is 1.43 bits per heavy atom. The monoisotopic (exact) mass is 360 g/mol. The third-order valence-corrected chi connectivity index (χ3v) is 2.88. The summed E-state index contributed by atoms with van der Waals surface area (Å²) >= 11 is 3.24. The fraction of sp³-hybridized carbons (Fsp3) is 0.0714. The first-order valence-electron chi connectivity index (χ1n) is 5.67. The molecule has 2 aromatic carbocycles. The normalized spacial score (nSPS) is 11.0. The molecule has 0 amide bonds. The molecule has 0 aromatic heterocycles. The Morgan fingerprint density at radius 3 is 1.95 bits per heavy atom. The van der Waals surface area contributed by atoms with Gasteiger partial charge in [-0.25, -0.2) is 4.79 Å². The van der Waals surface area contributed by atoms with E-state index in [2.05, 4.69) is 20.7 Å². The maximum absolute atomic E-state index is 12.0. The lowest BCUT2D eigenvalue weighted by Gasteiger charge is -2.09. The van der Waals surface area contributed by atoms with E-state index in [1.165, 1.54) is 12.1 Å². The van der Waals surface area contributed by atoms with Gasteiger partial charge in [0.25, 0.3) is 0 Å². The van der Waals surface area contributed by atoms with Gasteiger partial charge in [0, 0.05) is 4.47 Å². The van der Waals surface area contributed by atoms with E-state index in [1.54, 1.807) is 24.3 Å². The van der Waals surface area contributed by atoms with Crippen molar-refractivity contribution in [1.82, 2.24) is 0 Å². The van der Waals surface area contributed by atoms with Crippen LogP contribution in [0.25, 0.3) is 0 Å². The zero-order chi connectivity index (χ0) is 15.5. The number of hydrogen-bond donors (Lipinski definition) is 0. The van der Waals surface area contributed by atoms with Crippen LogP contribution in [0, 0.1) is 0 Å². The Kier molecular flexibility index (Phi) is 4.52. The molecule has 0 N–H and O–H groups in total. The van der Waals surface area contributed by atoms with Gasteiger partial charge in [-0.15, -0.1) is 13.2 Å². The van der Waals surface area contributed by atoms with Crippen molar-refractivity contribution in [3.63, 3.8) is 0 Å². The predicted octanol–water partition coefficient (Wildman–Crippen LogP) is 4.57. The molecular formula is C14H8BrF3O3. The first-order chi connectivity index (χ1) is 9.83. The predicted molar refractivity (Wildman–Crippen MR) is 72.2 cm³/mol. The van der Waals surface area contributed by atoms with Crippen LogP contribution in [0.15, 0.2) is 53.0 Å². The zero-order valence-corrected chi connectivity index (χ0v) is 11.9. The van der Waals surface area contributed by atoms with Gasteiger partial charge in [0.15, 0.2) is 0 Å². The van der Waals surface area contributed by atoms with Crippen molar-refractivity contribution >= 4 is 21.9 Å². The van der Waals surface area contributed by atoms with Crippen molar-refractivity contribution < 1.29 is 27.4 Å². The molecule has 3 nitrogen and oxygen atoms in total. The van der Waals surface area contributed by atoms with Crippen LogP contribution in [-0.4, -0.2) is 12.3 Å². The standard InChI is InChI=1S/C14H8BrF3O3/c15-10-3-1-9(2-4-10)13(19)20-11-5-7-12(8-6-11)21-14(16,17)18/h1-8H. The summed E-state index contributed by atoms with van der Waals surface area (Å²) in [4.78, 5) is 11.8. The summed E-state index contributed by atoms with van der Waals surface area (Å²) in [6, 6.07) is 11.1. The van der Waals surface area contributed by atoms with Crippen LogP contribution in [-0.2, 0) is 0 Å². The van der Waals surface area contributed by atoms with E-state index in [0.29, 0.717) is 5.56 Å². The number of carbonyl (C=O) groups is 1. The molecule has 0 radical (unpaired) electrons. The maximum Gasteiger partial charge on any atom is 0.573 e. The van der Waals surface area contributed by atoms with E-state index in [0.717, 1.165) is 16.6 Å². The van der Waals surface area contributed by atoms with Crippen LogP contribution in [0.3, 0.4) is 0 Å². The summed E-state index contributed by atoms with van der Waals surface area (Å²) < 4.78 is 45.5. The van der Waals surface area contributed by atoms with Gasteiger partial charge in [-0.2, -0.15) is 0 Å². The lowest BCUT2D eigenvalue weighted by molar-refractivity contribution is -0.274. The third kappa shape index (κ3) is 4.78. The molecule has 0 unspecified atom stereocenters. The number of ether oxygens (including phenoxy) is 2. The van der Waals surface area contributed by atoms with Crippen molar-refractivity contribution in [3.8, 4) is 11.5 Å². The molecule has 2 aromatic rings. The first-order valence-corrected chi connectivity index (χ1v) is 6.46. The molecular weight excluding hydrogens is 353 g/mol. The van der Waals surface area contributed by atoms with E-state index < -0.39 is 12.3 Å². The molecule has 0 bridgehead atoms. The molecule has 0 saturated carbocycles. The third-order valence-electron chi connectivity index (χ3n) is 2.35. The fourth-order valence-electron chi connectivity index (χ4n) is 1.46. The number of alkyl halides is 3. The smallest absolute Gasteiger partial charge is 0.423 e. The second-order valence-corrected chi connectivity index (χ2v) is 4.83. The summed E-state index contributed by atoms with van der Waals surface area (Å²) in [5.41, 5.74) is 0.328. The Labute approximate surface area is 126 Å². The van der Waals surface area contributed by atoms with Crippen LogP contribution in [0.1, 0.15) is 10.4 Å².